The highest BCUT2D eigenvalue weighted by Gasteiger charge is 2.21. The van der Waals surface area contributed by atoms with E-state index < -0.39 is 10.0 Å². The molecule has 0 aliphatic rings. The van der Waals surface area contributed by atoms with E-state index in [0.29, 0.717) is 5.69 Å². The number of pyridine rings is 1. The van der Waals surface area contributed by atoms with Crippen LogP contribution in [-0.4, -0.2) is 27.4 Å². The van der Waals surface area contributed by atoms with Crippen LogP contribution in [0.4, 0.5) is 5.69 Å². The molecule has 4 aromatic rings. The summed E-state index contributed by atoms with van der Waals surface area (Å²) in [7, 11) is -1.98. The first-order valence-electron chi connectivity index (χ1n) is 8.94. The molecule has 0 saturated heterocycles. The Morgan fingerprint density at radius 3 is 2.57 bits per heavy atom. The van der Waals surface area contributed by atoms with Crippen LogP contribution < -0.4 is 4.72 Å². The lowest BCUT2D eigenvalue weighted by atomic mass is 10.1. The molecule has 0 amide bonds. The van der Waals surface area contributed by atoms with Crippen molar-refractivity contribution in [2.45, 2.75) is 24.8 Å². The van der Waals surface area contributed by atoms with E-state index in [1.165, 1.54) is 6.20 Å². The minimum Gasteiger partial charge on any atom is -0.336 e. The normalized spacial score (nSPS) is 12.0. The van der Waals surface area contributed by atoms with Crippen LogP contribution in [0.3, 0.4) is 0 Å². The number of nitrogens with zero attached hydrogens (tertiary/aromatic N) is 4. The Labute approximate surface area is 163 Å². The van der Waals surface area contributed by atoms with E-state index in [2.05, 4.69) is 14.7 Å². The van der Waals surface area contributed by atoms with Gasteiger partial charge in [0.15, 0.2) is 5.03 Å². The number of benzene rings is 1. The van der Waals surface area contributed by atoms with Crippen molar-refractivity contribution in [1.29, 1.82) is 0 Å². The fourth-order valence-corrected chi connectivity index (χ4v) is 4.19. The molecular weight excluding hydrogens is 374 g/mol. The molecule has 3 heterocycles. The molecule has 0 fully saturated rings. The maximum Gasteiger partial charge on any atom is 0.280 e. The maximum atomic E-state index is 12.8. The summed E-state index contributed by atoms with van der Waals surface area (Å²) in [5.74, 6) is 0.853. The molecule has 144 valence electrons. The van der Waals surface area contributed by atoms with Gasteiger partial charge in [0.25, 0.3) is 10.0 Å². The van der Waals surface area contributed by atoms with Crippen molar-refractivity contribution in [3.8, 4) is 11.3 Å². The number of nitrogens with one attached hydrogen (secondary N) is 1. The number of aromatic nitrogens is 4. The Kier molecular flexibility index (Phi) is 4.43. The average Bonchev–Trinajstić information content (AvgIpc) is 3.25. The Bertz CT molecular complexity index is 1220. The van der Waals surface area contributed by atoms with Crippen LogP contribution in [0.15, 0.2) is 66.1 Å². The van der Waals surface area contributed by atoms with Crippen LogP contribution in [0.2, 0.25) is 0 Å². The largest absolute Gasteiger partial charge is 0.336 e. The molecule has 0 radical (unpaired) electrons. The van der Waals surface area contributed by atoms with E-state index in [-0.39, 0.29) is 10.9 Å². The van der Waals surface area contributed by atoms with E-state index in [4.69, 9.17) is 0 Å². The fraction of sp³-hybridized carbons (Fsp3) is 0.200. The molecule has 0 bridgehead atoms. The summed E-state index contributed by atoms with van der Waals surface area (Å²) in [6.45, 7) is 3.95. The zero-order chi connectivity index (χ0) is 19.9. The van der Waals surface area contributed by atoms with Gasteiger partial charge in [-0.25, -0.2) is 9.97 Å². The summed E-state index contributed by atoms with van der Waals surface area (Å²) >= 11 is 0. The van der Waals surface area contributed by atoms with Crippen LogP contribution in [0, 0.1) is 0 Å². The Balaban J connectivity index is 1.65. The number of aryl methyl sites for hydroxylation is 1. The molecule has 1 aromatic carbocycles. The van der Waals surface area contributed by atoms with Gasteiger partial charge in [-0.05, 0) is 24.3 Å². The number of hydrogen-bond acceptors (Lipinski definition) is 4. The van der Waals surface area contributed by atoms with Crippen LogP contribution in [-0.2, 0) is 17.1 Å². The van der Waals surface area contributed by atoms with E-state index >= 15 is 0 Å². The molecule has 0 aliphatic heterocycles. The van der Waals surface area contributed by atoms with Crippen molar-refractivity contribution in [2.24, 2.45) is 7.05 Å². The summed E-state index contributed by atoms with van der Waals surface area (Å²) in [6, 6.07) is 13.0. The van der Waals surface area contributed by atoms with Crippen LogP contribution >= 0.6 is 0 Å². The second kappa shape index (κ2) is 6.79. The van der Waals surface area contributed by atoms with Crippen LogP contribution in [0.1, 0.15) is 25.6 Å². The summed E-state index contributed by atoms with van der Waals surface area (Å²) in [5.41, 5.74) is 2.89. The van der Waals surface area contributed by atoms with Gasteiger partial charge in [0.2, 0.25) is 0 Å². The Morgan fingerprint density at radius 1 is 1.04 bits per heavy atom. The molecule has 7 nitrogen and oxygen atoms in total. The SMILES string of the molecule is CC(C)c1nc(S(=O)(=O)Nc2cccc(-c3cn4ccccc4n3)c2)cn1C. The zero-order valence-corrected chi connectivity index (χ0v) is 16.7. The molecule has 0 spiro atoms. The van der Waals surface area contributed by atoms with Crippen molar-refractivity contribution in [1.82, 2.24) is 18.9 Å². The van der Waals surface area contributed by atoms with E-state index in [0.717, 1.165) is 22.7 Å². The van der Waals surface area contributed by atoms with Gasteiger partial charge < -0.3 is 8.97 Å². The monoisotopic (exact) mass is 395 g/mol. The minimum absolute atomic E-state index is 0.0110. The lowest BCUT2D eigenvalue weighted by Crippen LogP contribution is -2.13. The highest BCUT2D eigenvalue weighted by molar-refractivity contribution is 7.92. The van der Waals surface area contributed by atoms with E-state index in [9.17, 15) is 8.42 Å². The van der Waals surface area contributed by atoms with Crippen molar-refractivity contribution >= 4 is 21.4 Å². The highest BCUT2D eigenvalue weighted by Crippen LogP contribution is 2.24. The smallest absolute Gasteiger partial charge is 0.280 e. The van der Waals surface area contributed by atoms with Gasteiger partial charge in [-0.1, -0.05) is 32.0 Å². The molecule has 0 aliphatic carbocycles. The molecule has 3 aromatic heterocycles. The molecule has 8 heteroatoms. The van der Waals surface area contributed by atoms with Gasteiger partial charge in [0.1, 0.15) is 11.5 Å². The number of imidazole rings is 2. The third kappa shape index (κ3) is 3.38. The predicted octanol–water partition coefficient (Wildman–Crippen LogP) is 3.66. The summed E-state index contributed by atoms with van der Waals surface area (Å²) < 4.78 is 31.8. The first-order valence-corrected chi connectivity index (χ1v) is 10.4. The van der Waals surface area contributed by atoms with E-state index in [1.54, 1.807) is 29.8 Å². The third-order valence-corrected chi connectivity index (χ3v) is 5.71. The molecule has 28 heavy (non-hydrogen) atoms. The van der Waals surface area contributed by atoms with Crippen LogP contribution in [0.5, 0.6) is 0 Å². The maximum absolute atomic E-state index is 12.8. The van der Waals surface area contributed by atoms with Crippen molar-refractivity contribution in [2.75, 3.05) is 4.72 Å². The van der Waals surface area contributed by atoms with Gasteiger partial charge in [0, 0.05) is 42.8 Å². The third-order valence-electron chi connectivity index (χ3n) is 4.46. The van der Waals surface area contributed by atoms with Gasteiger partial charge in [-0.15, -0.1) is 0 Å². The second-order valence-corrected chi connectivity index (χ2v) is 8.61. The molecular formula is C20H21N5O2S. The molecule has 0 unspecified atom stereocenters. The molecule has 4 rings (SSSR count). The first kappa shape index (κ1) is 18.2. The van der Waals surface area contributed by atoms with Crippen LogP contribution in [0.25, 0.3) is 16.9 Å². The number of hydrogen-bond donors (Lipinski definition) is 1. The van der Waals surface area contributed by atoms with Gasteiger partial charge in [0.05, 0.1) is 5.69 Å². The number of fused-ring (bicyclic) bond motifs is 1. The van der Waals surface area contributed by atoms with Gasteiger partial charge >= 0.3 is 0 Å². The highest BCUT2D eigenvalue weighted by atomic mass is 32.2. The molecule has 0 saturated carbocycles. The topological polar surface area (TPSA) is 81.3 Å². The summed E-state index contributed by atoms with van der Waals surface area (Å²) in [4.78, 5) is 8.87. The summed E-state index contributed by atoms with van der Waals surface area (Å²) in [6.07, 6.45) is 5.37. The van der Waals surface area contributed by atoms with Crippen molar-refractivity contribution < 1.29 is 8.42 Å². The zero-order valence-electron chi connectivity index (χ0n) is 15.9. The van der Waals surface area contributed by atoms with Gasteiger partial charge in [-0.2, -0.15) is 8.42 Å². The predicted molar refractivity (Wildman–Crippen MR) is 109 cm³/mol. The first-order chi connectivity index (χ1) is 13.3. The fourth-order valence-electron chi connectivity index (χ4n) is 3.14. The summed E-state index contributed by atoms with van der Waals surface area (Å²) in [5, 5.41) is 0.0110. The average molecular weight is 395 g/mol. The Hall–Kier alpha value is -3.13. The quantitative estimate of drug-likeness (QED) is 0.559. The van der Waals surface area contributed by atoms with E-state index in [1.807, 2.05) is 54.9 Å². The number of anilines is 1. The second-order valence-electron chi connectivity index (χ2n) is 6.98. The standard InChI is InChI=1S/C20H21N5O2S/c1-14(2)20-22-19(13-24(20)3)28(26,27)23-16-8-6-7-15(11-16)17-12-25-10-5-4-9-18(25)21-17/h4-14,23H,1-3H3. The van der Waals surface area contributed by atoms with Crippen molar-refractivity contribution in [3.05, 3.63) is 66.9 Å². The van der Waals surface area contributed by atoms with Gasteiger partial charge in [-0.3, -0.25) is 4.72 Å². The molecule has 1 N–H and O–H groups in total. The number of rotatable bonds is 5. The number of sulfonamides is 1. The lowest BCUT2D eigenvalue weighted by Gasteiger charge is -2.07. The lowest BCUT2D eigenvalue weighted by molar-refractivity contribution is 0.597. The van der Waals surface area contributed by atoms with Crippen molar-refractivity contribution in [3.63, 3.8) is 0 Å². The minimum atomic E-state index is -3.78. The Morgan fingerprint density at radius 2 is 1.86 bits per heavy atom. The molecule has 0 atom stereocenters.